The summed E-state index contributed by atoms with van der Waals surface area (Å²) in [6.45, 7) is 0. The lowest BCUT2D eigenvalue weighted by Gasteiger charge is -2.08. The topological polar surface area (TPSA) is 54.7 Å². The van der Waals surface area contributed by atoms with E-state index >= 15 is 0 Å². The molecule has 102 valence electrons. The van der Waals surface area contributed by atoms with Gasteiger partial charge in [-0.15, -0.1) is 11.3 Å². The summed E-state index contributed by atoms with van der Waals surface area (Å²) in [6.07, 6.45) is 0. The maximum Gasteiger partial charge on any atom is 0.153 e. The number of halogens is 3. The first-order valence-corrected chi connectivity index (χ1v) is 8.32. The summed E-state index contributed by atoms with van der Waals surface area (Å²) in [6, 6.07) is 7.44. The molecule has 0 fully saturated rings. The van der Waals surface area contributed by atoms with Gasteiger partial charge in [-0.1, -0.05) is 29.3 Å². The van der Waals surface area contributed by atoms with Gasteiger partial charge in [-0.25, -0.2) is 0 Å². The molecule has 0 aliphatic heterocycles. The number of hydrogen-bond donors (Lipinski definition) is 2. The maximum atomic E-state index is 6.28. The van der Waals surface area contributed by atoms with E-state index in [4.69, 9.17) is 28.9 Å². The van der Waals surface area contributed by atoms with Crippen LogP contribution in [0, 0.1) is 2.88 Å². The lowest BCUT2D eigenvalue weighted by molar-refractivity contribution is 1.10. The summed E-state index contributed by atoms with van der Waals surface area (Å²) in [7, 11) is 0. The van der Waals surface area contributed by atoms with Crippen molar-refractivity contribution in [1.29, 1.82) is 0 Å². The molecule has 0 amide bonds. The molecule has 3 rings (SSSR count). The van der Waals surface area contributed by atoms with Crippen LogP contribution in [0.1, 0.15) is 0 Å². The molecular weight excluding hydrogens is 428 g/mol. The summed E-state index contributed by atoms with van der Waals surface area (Å²) in [4.78, 5) is 0. The third-order valence-corrected chi connectivity index (χ3v) is 5.28. The number of H-pyrrole nitrogens is 1. The molecule has 0 saturated carbocycles. The smallest absolute Gasteiger partial charge is 0.153 e. The zero-order valence-electron chi connectivity index (χ0n) is 9.95. The number of anilines is 1. The first-order valence-electron chi connectivity index (χ1n) is 5.60. The molecular formula is C13H8Cl2IN3S. The van der Waals surface area contributed by atoms with Gasteiger partial charge < -0.3 is 5.73 Å². The first kappa shape index (κ1) is 14.2. The summed E-state index contributed by atoms with van der Waals surface area (Å²) < 4.78 is 1.18. The number of aromatic nitrogens is 2. The number of nitrogens with zero attached hydrogens (tertiary/aromatic N) is 1. The number of aromatic amines is 1. The van der Waals surface area contributed by atoms with Crippen LogP contribution in [-0.2, 0) is 0 Å². The molecule has 1 aromatic carbocycles. The fourth-order valence-electron chi connectivity index (χ4n) is 2.00. The summed E-state index contributed by atoms with van der Waals surface area (Å²) in [5.74, 6) is 0.385. The molecule has 0 bridgehead atoms. The second kappa shape index (κ2) is 5.55. The summed E-state index contributed by atoms with van der Waals surface area (Å²) in [5.41, 5.74) is 9.30. The van der Waals surface area contributed by atoms with Crippen LogP contribution in [0.4, 0.5) is 5.82 Å². The molecule has 3 aromatic rings. The Morgan fingerprint density at radius 3 is 2.50 bits per heavy atom. The Hall–Kier alpha value is -0.760. The Kier molecular flexibility index (Phi) is 3.94. The number of benzene rings is 1. The molecule has 0 saturated heterocycles. The molecule has 7 heteroatoms. The third kappa shape index (κ3) is 2.43. The molecule has 0 radical (unpaired) electrons. The van der Waals surface area contributed by atoms with E-state index in [9.17, 15) is 0 Å². The first-order chi connectivity index (χ1) is 9.58. The van der Waals surface area contributed by atoms with E-state index in [0.717, 1.165) is 16.8 Å². The van der Waals surface area contributed by atoms with E-state index < -0.39 is 0 Å². The number of nitrogen functional groups attached to an aromatic ring is 1. The lowest BCUT2D eigenvalue weighted by atomic mass is 10.0. The highest BCUT2D eigenvalue weighted by molar-refractivity contribution is 14.1. The van der Waals surface area contributed by atoms with E-state index in [2.05, 4.69) is 38.9 Å². The fraction of sp³-hybridized carbons (Fsp3) is 0. The van der Waals surface area contributed by atoms with Gasteiger partial charge in [-0.05, 0) is 40.8 Å². The fourth-order valence-corrected chi connectivity index (χ4v) is 3.92. The van der Waals surface area contributed by atoms with Crippen molar-refractivity contribution in [2.24, 2.45) is 0 Å². The van der Waals surface area contributed by atoms with Crippen molar-refractivity contribution in [3.05, 3.63) is 42.6 Å². The average molecular weight is 436 g/mol. The molecule has 2 aromatic heterocycles. The van der Waals surface area contributed by atoms with Gasteiger partial charge in [0.15, 0.2) is 5.82 Å². The SMILES string of the molecule is Nc1n[nH]c(-c2csc(I)c2)c1-c1c(Cl)cccc1Cl. The van der Waals surface area contributed by atoms with Crippen LogP contribution in [0.25, 0.3) is 22.4 Å². The quantitative estimate of drug-likeness (QED) is 0.536. The summed E-state index contributed by atoms with van der Waals surface area (Å²) in [5, 5.41) is 10.2. The van der Waals surface area contributed by atoms with Crippen molar-refractivity contribution in [2.75, 3.05) is 5.73 Å². The molecule has 3 N–H and O–H groups in total. The second-order valence-corrected chi connectivity index (χ2v) is 7.71. The van der Waals surface area contributed by atoms with Gasteiger partial charge in [-0.2, -0.15) is 5.10 Å². The summed E-state index contributed by atoms with van der Waals surface area (Å²) >= 11 is 16.5. The number of hydrogen-bond acceptors (Lipinski definition) is 3. The second-order valence-electron chi connectivity index (χ2n) is 4.09. The molecule has 2 heterocycles. The van der Waals surface area contributed by atoms with Gasteiger partial charge >= 0.3 is 0 Å². The van der Waals surface area contributed by atoms with Gasteiger partial charge in [0.2, 0.25) is 0 Å². The van der Waals surface area contributed by atoms with Crippen molar-refractivity contribution in [1.82, 2.24) is 10.2 Å². The van der Waals surface area contributed by atoms with Gasteiger partial charge in [0.25, 0.3) is 0 Å². The Bertz CT molecular complexity index is 762. The van der Waals surface area contributed by atoms with E-state index in [1.165, 1.54) is 2.88 Å². The van der Waals surface area contributed by atoms with Crippen LogP contribution in [0.15, 0.2) is 29.6 Å². The highest BCUT2D eigenvalue weighted by atomic mass is 127. The number of rotatable bonds is 2. The maximum absolute atomic E-state index is 6.28. The Balaban J connectivity index is 2.27. The molecule has 20 heavy (non-hydrogen) atoms. The van der Waals surface area contributed by atoms with E-state index in [1.54, 1.807) is 29.5 Å². The minimum Gasteiger partial charge on any atom is -0.382 e. The number of nitrogens with two attached hydrogens (primary N) is 1. The Morgan fingerprint density at radius 1 is 1.20 bits per heavy atom. The molecule has 3 nitrogen and oxygen atoms in total. The van der Waals surface area contributed by atoms with Gasteiger partial charge in [0, 0.05) is 16.5 Å². The molecule has 0 unspecified atom stereocenters. The van der Waals surface area contributed by atoms with Crippen molar-refractivity contribution >= 4 is 62.9 Å². The number of thiophene rings is 1. The van der Waals surface area contributed by atoms with Gasteiger partial charge in [0.1, 0.15) is 0 Å². The van der Waals surface area contributed by atoms with Gasteiger partial charge in [-0.3, -0.25) is 5.10 Å². The third-order valence-electron chi connectivity index (χ3n) is 2.86. The predicted octanol–water partition coefficient (Wildman–Crippen LogP) is 5.30. The standard InChI is InChI=1S/C13H8Cl2IN3S/c14-7-2-1-3-8(15)10(7)11-12(18-19-13(11)17)6-4-9(16)20-5-6/h1-5H,(H3,17,18,19). The Morgan fingerprint density at radius 2 is 1.90 bits per heavy atom. The minimum absolute atomic E-state index is 0.385. The zero-order chi connectivity index (χ0) is 14.3. The highest BCUT2D eigenvalue weighted by Gasteiger charge is 2.20. The average Bonchev–Trinajstić information content (AvgIpc) is 2.97. The molecule has 0 aliphatic carbocycles. The molecule has 0 atom stereocenters. The van der Waals surface area contributed by atoms with Crippen molar-refractivity contribution in [3.63, 3.8) is 0 Å². The Labute approximate surface area is 143 Å². The van der Waals surface area contributed by atoms with Crippen LogP contribution in [0.2, 0.25) is 10.0 Å². The van der Waals surface area contributed by atoms with Crippen LogP contribution in [-0.4, -0.2) is 10.2 Å². The molecule has 0 aliphatic rings. The normalized spacial score (nSPS) is 10.9. The van der Waals surface area contributed by atoms with E-state index in [0.29, 0.717) is 21.4 Å². The van der Waals surface area contributed by atoms with Crippen LogP contribution in [0.3, 0.4) is 0 Å². The molecule has 0 spiro atoms. The van der Waals surface area contributed by atoms with Crippen molar-refractivity contribution in [3.8, 4) is 22.4 Å². The van der Waals surface area contributed by atoms with E-state index in [1.807, 2.05) is 5.38 Å². The minimum atomic E-state index is 0.385. The van der Waals surface area contributed by atoms with Crippen LogP contribution in [0.5, 0.6) is 0 Å². The van der Waals surface area contributed by atoms with Crippen LogP contribution < -0.4 is 5.73 Å². The van der Waals surface area contributed by atoms with Crippen molar-refractivity contribution in [2.45, 2.75) is 0 Å². The van der Waals surface area contributed by atoms with Crippen molar-refractivity contribution < 1.29 is 0 Å². The van der Waals surface area contributed by atoms with Gasteiger partial charge in [0.05, 0.1) is 24.2 Å². The monoisotopic (exact) mass is 435 g/mol. The number of nitrogens with one attached hydrogen (secondary N) is 1. The largest absolute Gasteiger partial charge is 0.382 e. The van der Waals surface area contributed by atoms with Crippen LogP contribution >= 0.6 is 57.1 Å². The zero-order valence-corrected chi connectivity index (χ0v) is 14.4. The van der Waals surface area contributed by atoms with E-state index in [-0.39, 0.29) is 0 Å². The lowest BCUT2D eigenvalue weighted by Crippen LogP contribution is -1.90. The predicted molar refractivity (Wildman–Crippen MR) is 94.5 cm³/mol. The highest BCUT2D eigenvalue weighted by Crippen LogP contribution is 2.43.